The fourth-order valence-corrected chi connectivity index (χ4v) is 9.01. The monoisotopic (exact) mass is 664 g/mol. The number of fused-ring (bicyclic) bond motifs is 13. The van der Waals surface area contributed by atoms with Crippen LogP contribution in [-0.4, -0.2) is 19.5 Å². The van der Waals surface area contributed by atoms with Gasteiger partial charge in [0, 0.05) is 50.3 Å². The molecule has 0 fully saturated rings. The van der Waals surface area contributed by atoms with Crippen molar-refractivity contribution in [1.29, 1.82) is 0 Å². The van der Waals surface area contributed by atoms with E-state index in [1.807, 2.05) is 12.4 Å². The van der Waals surface area contributed by atoms with Crippen molar-refractivity contribution in [1.82, 2.24) is 19.5 Å². The SMILES string of the molecule is CC1(C)c2ccccc2-c2c1c1ncccc1c1c3ccccc3n(-c3cc(-c4ccccc4)c4ccc5c(-c6ccccc6)ccnc5c4n3)c21. The molecule has 0 spiro atoms. The lowest BCUT2D eigenvalue weighted by molar-refractivity contribution is 0.665. The van der Waals surface area contributed by atoms with E-state index in [4.69, 9.17) is 15.0 Å². The van der Waals surface area contributed by atoms with Crippen molar-refractivity contribution >= 4 is 54.5 Å². The number of aromatic nitrogens is 4. The molecule has 0 radical (unpaired) electrons. The molecule has 4 heteroatoms. The van der Waals surface area contributed by atoms with E-state index >= 15 is 0 Å². The van der Waals surface area contributed by atoms with E-state index in [-0.39, 0.29) is 5.41 Å². The second kappa shape index (κ2) is 10.7. The second-order valence-corrected chi connectivity index (χ2v) is 14.4. The van der Waals surface area contributed by atoms with Crippen molar-refractivity contribution < 1.29 is 0 Å². The van der Waals surface area contributed by atoms with E-state index in [1.165, 1.54) is 38.5 Å². The van der Waals surface area contributed by atoms with Crippen LogP contribution in [0, 0.1) is 0 Å². The van der Waals surface area contributed by atoms with E-state index in [1.54, 1.807) is 0 Å². The Morgan fingerprint density at radius 1 is 0.500 bits per heavy atom. The van der Waals surface area contributed by atoms with Crippen LogP contribution >= 0.6 is 0 Å². The van der Waals surface area contributed by atoms with Crippen LogP contribution in [0.4, 0.5) is 0 Å². The highest BCUT2D eigenvalue weighted by Gasteiger charge is 2.40. The van der Waals surface area contributed by atoms with E-state index in [0.717, 1.165) is 66.3 Å². The molecule has 0 saturated heterocycles. The van der Waals surface area contributed by atoms with Crippen LogP contribution in [0.25, 0.3) is 93.7 Å². The minimum Gasteiger partial charge on any atom is -0.293 e. The molecule has 6 aromatic carbocycles. The third-order valence-corrected chi connectivity index (χ3v) is 11.2. The lowest BCUT2D eigenvalue weighted by Crippen LogP contribution is -2.16. The lowest BCUT2D eigenvalue weighted by Gasteiger charge is -2.23. The molecular weight excluding hydrogens is 633 g/mol. The topological polar surface area (TPSA) is 43.6 Å². The zero-order valence-electron chi connectivity index (χ0n) is 28.8. The standard InChI is InChI=1S/C48H32N4/c1-48(2)38-21-11-9-18-34(38)42-43(48)44-36(20-13-26-49-44)41-35-19-10-12-22-39(35)52(47(41)42)40-28-37(30-16-7-4-8-17-30)33-24-23-32-31(29-14-5-3-6-15-29)25-27-50-45(32)46(33)51-40/h3-28H,1-2H3. The Morgan fingerprint density at radius 3 is 1.96 bits per heavy atom. The second-order valence-electron chi connectivity index (χ2n) is 14.4. The summed E-state index contributed by atoms with van der Waals surface area (Å²) in [5, 5.41) is 5.71. The van der Waals surface area contributed by atoms with Crippen LogP contribution in [0.3, 0.4) is 0 Å². The Labute approximate surface area is 300 Å². The molecule has 0 atom stereocenters. The number of nitrogens with zero attached hydrogens (tertiary/aromatic N) is 4. The largest absolute Gasteiger partial charge is 0.293 e. The highest BCUT2D eigenvalue weighted by atomic mass is 15.1. The zero-order chi connectivity index (χ0) is 34.6. The van der Waals surface area contributed by atoms with Crippen LogP contribution in [0.2, 0.25) is 0 Å². The molecular formula is C48H32N4. The van der Waals surface area contributed by atoms with Crippen molar-refractivity contribution in [2.45, 2.75) is 19.3 Å². The summed E-state index contributed by atoms with van der Waals surface area (Å²) >= 11 is 0. The number of rotatable bonds is 3. The first-order chi connectivity index (χ1) is 25.6. The number of hydrogen-bond donors (Lipinski definition) is 0. The molecule has 244 valence electrons. The first-order valence-corrected chi connectivity index (χ1v) is 17.9. The van der Waals surface area contributed by atoms with Crippen LogP contribution in [0.5, 0.6) is 0 Å². The predicted octanol–water partition coefficient (Wildman–Crippen LogP) is 12.1. The van der Waals surface area contributed by atoms with Gasteiger partial charge in [0.15, 0.2) is 0 Å². The molecule has 0 saturated carbocycles. The Kier molecular flexibility index (Phi) is 5.98. The predicted molar refractivity (Wildman–Crippen MR) is 215 cm³/mol. The molecule has 0 unspecified atom stereocenters. The molecule has 0 aliphatic heterocycles. The van der Waals surface area contributed by atoms with Gasteiger partial charge in [-0.1, -0.05) is 135 Å². The molecule has 0 amide bonds. The Balaban J connectivity index is 1.35. The first-order valence-electron chi connectivity index (χ1n) is 17.9. The number of benzene rings is 6. The molecule has 4 aromatic heterocycles. The Bertz CT molecular complexity index is 3080. The lowest BCUT2D eigenvalue weighted by atomic mass is 9.81. The van der Waals surface area contributed by atoms with Gasteiger partial charge < -0.3 is 0 Å². The highest BCUT2D eigenvalue weighted by molar-refractivity contribution is 6.27. The van der Waals surface area contributed by atoms with Crippen LogP contribution in [-0.2, 0) is 5.41 Å². The summed E-state index contributed by atoms with van der Waals surface area (Å²) in [5.74, 6) is 0.865. The molecule has 11 rings (SSSR count). The molecule has 0 N–H and O–H groups in total. The number of para-hydroxylation sites is 1. The summed E-state index contributed by atoms with van der Waals surface area (Å²) in [6.45, 7) is 4.68. The Hall–Kier alpha value is -6.65. The van der Waals surface area contributed by atoms with Gasteiger partial charge in [0.25, 0.3) is 0 Å². The van der Waals surface area contributed by atoms with Gasteiger partial charge in [-0.25, -0.2) is 4.98 Å². The number of hydrogen-bond acceptors (Lipinski definition) is 3. The summed E-state index contributed by atoms with van der Waals surface area (Å²) in [6, 6.07) is 52.0. The maximum absolute atomic E-state index is 5.65. The van der Waals surface area contributed by atoms with Crippen molar-refractivity contribution in [2.75, 3.05) is 0 Å². The average Bonchev–Trinajstić information content (AvgIpc) is 3.67. The Morgan fingerprint density at radius 2 is 1.15 bits per heavy atom. The molecule has 1 aliphatic rings. The third kappa shape index (κ3) is 3.89. The highest BCUT2D eigenvalue weighted by Crippen LogP contribution is 2.56. The van der Waals surface area contributed by atoms with Crippen LogP contribution < -0.4 is 0 Å². The molecule has 1 aliphatic carbocycles. The molecule has 4 nitrogen and oxygen atoms in total. The van der Waals surface area contributed by atoms with Crippen LogP contribution in [0.15, 0.2) is 158 Å². The van der Waals surface area contributed by atoms with E-state index in [9.17, 15) is 0 Å². The van der Waals surface area contributed by atoms with Crippen molar-refractivity contribution in [3.63, 3.8) is 0 Å². The van der Waals surface area contributed by atoms with Crippen molar-refractivity contribution in [3.05, 3.63) is 169 Å². The van der Waals surface area contributed by atoms with Crippen LogP contribution in [0.1, 0.15) is 25.0 Å². The number of pyridine rings is 3. The normalized spacial score (nSPS) is 13.3. The summed E-state index contributed by atoms with van der Waals surface area (Å²) in [7, 11) is 0. The maximum atomic E-state index is 5.65. The van der Waals surface area contributed by atoms with E-state index in [0.29, 0.717) is 0 Å². The fraction of sp³-hybridized carbons (Fsp3) is 0.0625. The zero-order valence-corrected chi connectivity index (χ0v) is 28.8. The van der Waals surface area contributed by atoms with Gasteiger partial charge in [0.2, 0.25) is 0 Å². The van der Waals surface area contributed by atoms with Gasteiger partial charge in [-0.2, -0.15) is 0 Å². The fourth-order valence-electron chi connectivity index (χ4n) is 9.01. The molecule has 10 aromatic rings. The van der Waals surface area contributed by atoms with E-state index in [2.05, 4.69) is 164 Å². The summed E-state index contributed by atoms with van der Waals surface area (Å²) in [5.41, 5.74) is 14.5. The maximum Gasteiger partial charge on any atom is 0.139 e. The smallest absolute Gasteiger partial charge is 0.139 e. The van der Waals surface area contributed by atoms with Gasteiger partial charge in [-0.15, -0.1) is 0 Å². The summed E-state index contributed by atoms with van der Waals surface area (Å²) < 4.78 is 2.42. The molecule has 52 heavy (non-hydrogen) atoms. The third-order valence-electron chi connectivity index (χ3n) is 11.2. The van der Waals surface area contributed by atoms with Gasteiger partial charge >= 0.3 is 0 Å². The minimum atomic E-state index is -0.242. The van der Waals surface area contributed by atoms with Crippen molar-refractivity contribution in [3.8, 4) is 39.2 Å². The molecule has 0 bridgehead atoms. The van der Waals surface area contributed by atoms with E-state index < -0.39 is 0 Å². The van der Waals surface area contributed by atoms with Crippen molar-refractivity contribution in [2.24, 2.45) is 0 Å². The van der Waals surface area contributed by atoms with Gasteiger partial charge in [0.1, 0.15) is 5.82 Å². The van der Waals surface area contributed by atoms with Gasteiger partial charge in [0.05, 0.1) is 27.6 Å². The summed E-state index contributed by atoms with van der Waals surface area (Å²) in [4.78, 5) is 15.8. The van der Waals surface area contributed by atoms with Gasteiger partial charge in [-0.05, 0) is 63.2 Å². The average molecular weight is 665 g/mol. The minimum absolute atomic E-state index is 0.242. The first kappa shape index (κ1) is 29.1. The summed E-state index contributed by atoms with van der Waals surface area (Å²) in [6.07, 6.45) is 3.86. The quantitative estimate of drug-likeness (QED) is 0.177. The van der Waals surface area contributed by atoms with Gasteiger partial charge in [-0.3, -0.25) is 14.5 Å². The molecule has 4 heterocycles.